The molecule has 1 amide bonds. The number of nitrogens with zero attached hydrogens (tertiary/aromatic N) is 4. The fourth-order valence-corrected chi connectivity index (χ4v) is 4.59. The first kappa shape index (κ1) is 19.1. The molecule has 0 aliphatic rings. The molecular formula is C24H19N5OS. The van der Waals surface area contributed by atoms with Gasteiger partial charge in [-0.05, 0) is 55.3 Å². The van der Waals surface area contributed by atoms with E-state index in [1.807, 2.05) is 49.4 Å². The van der Waals surface area contributed by atoms with E-state index in [1.165, 1.54) is 16.9 Å². The second-order valence-corrected chi connectivity index (χ2v) is 8.35. The first-order chi connectivity index (χ1) is 15.1. The molecule has 3 aromatic heterocycles. The van der Waals surface area contributed by atoms with Gasteiger partial charge in [0.05, 0.1) is 21.5 Å². The van der Waals surface area contributed by atoms with Crippen molar-refractivity contribution in [3.63, 3.8) is 0 Å². The van der Waals surface area contributed by atoms with Gasteiger partial charge < -0.3 is 0 Å². The topological polar surface area (TPSA) is 72.7 Å². The molecule has 5 rings (SSSR count). The maximum Gasteiger partial charge on any atom is 0.261 e. The van der Waals surface area contributed by atoms with Crippen molar-refractivity contribution in [1.82, 2.24) is 19.7 Å². The van der Waals surface area contributed by atoms with Gasteiger partial charge in [-0.25, -0.2) is 9.67 Å². The number of thiazole rings is 1. The minimum atomic E-state index is -0.255. The summed E-state index contributed by atoms with van der Waals surface area (Å²) in [4.78, 5) is 22.1. The highest BCUT2D eigenvalue weighted by atomic mass is 32.1. The molecule has 31 heavy (non-hydrogen) atoms. The Morgan fingerprint density at radius 1 is 1.06 bits per heavy atom. The predicted octanol–water partition coefficient (Wildman–Crippen LogP) is 5.41. The average Bonchev–Trinajstić information content (AvgIpc) is 3.40. The van der Waals surface area contributed by atoms with Gasteiger partial charge in [0.25, 0.3) is 5.91 Å². The Labute approximate surface area is 183 Å². The number of carbonyl (C=O) groups is 1. The van der Waals surface area contributed by atoms with Gasteiger partial charge in [0, 0.05) is 24.2 Å². The fourth-order valence-electron chi connectivity index (χ4n) is 3.56. The number of aromatic nitrogens is 4. The maximum absolute atomic E-state index is 13.3. The number of rotatable bonds is 4. The molecule has 152 valence electrons. The van der Waals surface area contributed by atoms with Crippen LogP contribution in [-0.4, -0.2) is 25.7 Å². The number of pyridine rings is 1. The summed E-state index contributed by atoms with van der Waals surface area (Å²) in [6.07, 6.45) is 5.15. The van der Waals surface area contributed by atoms with E-state index < -0.39 is 0 Å². The highest BCUT2D eigenvalue weighted by Gasteiger charge is 2.20. The van der Waals surface area contributed by atoms with Crippen LogP contribution in [0.2, 0.25) is 0 Å². The van der Waals surface area contributed by atoms with E-state index in [4.69, 9.17) is 0 Å². The Morgan fingerprint density at radius 3 is 2.68 bits per heavy atom. The highest BCUT2D eigenvalue weighted by molar-refractivity contribution is 7.22. The number of anilines is 1. The lowest BCUT2D eigenvalue weighted by Gasteiger charge is -2.02. The number of para-hydroxylation sites is 1. The van der Waals surface area contributed by atoms with Crippen molar-refractivity contribution >= 4 is 32.6 Å². The summed E-state index contributed by atoms with van der Waals surface area (Å²) in [5.41, 5.74) is 5.87. The lowest BCUT2D eigenvalue weighted by molar-refractivity contribution is 0.102. The standard InChI is InChI=1S/C24H19N5OS/c1-15-11-16(2)21-20(12-15)31-24(26-21)27-23(30)19-14-29(18-8-4-3-5-9-18)28-22(19)17-7-6-10-25-13-17/h3-14H,1-2H3,(H,26,27,30). The second-order valence-electron chi connectivity index (χ2n) is 7.31. The minimum absolute atomic E-state index is 0.255. The molecular weight excluding hydrogens is 406 g/mol. The molecule has 0 saturated carbocycles. The lowest BCUT2D eigenvalue weighted by atomic mass is 10.1. The normalized spacial score (nSPS) is 11.0. The zero-order valence-corrected chi connectivity index (χ0v) is 17.9. The van der Waals surface area contributed by atoms with Crippen LogP contribution in [0.15, 0.2) is 73.2 Å². The van der Waals surface area contributed by atoms with E-state index in [9.17, 15) is 4.79 Å². The van der Waals surface area contributed by atoms with Crippen LogP contribution < -0.4 is 5.32 Å². The van der Waals surface area contributed by atoms with Crippen molar-refractivity contribution in [1.29, 1.82) is 0 Å². The summed E-state index contributed by atoms with van der Waals surface area (Å²) in [6.45, 7) is 4.09. The van der Waals surface area contributed by atoms with Gasteiger partial charge in [-0.2, -0.15) is 5.10 Å². The molecule has 7 heteroatoms. The van der Waals surface area contributed by atoms with Gasteiger partial charge in [0.15, 0.2) is 5.13 Å². The van der Waals surface area contributed by atoms with Crippen LogP contribution in [0.5, 0.6) is 0 Å². The first-order valence-electron chi connectivity index (χ1n) is 9.83. The monoisotopic (exact) mass is 425 g/mol. The van der Waals surface area contributed by atoms with Crippen molar-refractivity contribution in [2.75, 3.05) is 5.32 Å². The van der Waals surface area contributed by atoms with Crippen LogP contribution in [0, 0.1) is 13.8 Å². The molecule has 0 spiro atoms. The van der Waals surface area contributed by atoms with E-state index in [2.05, 4.69) is 39.4 Å². The smallest absolute Gasteiger partial charge is 0.261 e. The SMILES string of the molecule is Cc1cc(C)c2nc(NC(=O)c3cn(-c4ccccc4)nc3-c3cccnc3)sc2c1. The predicted molar refractivity (Wildman–Crippen MR) is 124 cm³/mol. The summed E-state index contributed by atoms with van der Waals surface area (Å²) in [7, 11) is 0. The van der Waals surface area contributed by atoms with Gasteiger partial charge in [-0.1, -0.05) is 35.6 Å². The molecule has 5 aromatic rings. The largest absolute Gasteiger partial charge is 0.298 e. The summed E-state index contributed by atoms with van der Waals surface area (Å²) >= 11 is 1.47. The van der Waals surface area contributed by atoms with Gasteiger partial charge in [0.1, 0.15) is 5.69 Å². The number of carbonyl (C=O) groups excluding carboxylic acids is 1. The summed E-state index contributed by atoms with van der Waals surface area (Å²) in [5.74, 6) is -0.255. The third-order valence-electron chi connectivity index (χ3n) is 4.96. The van der Waals surface area contributed by atoms with Crippen LogP contribution in [0.4, 0.5) is 5.13 Å². The van der Waals surface area contributed by atoms with Crippen LogP contribution >= 0.6 is 11.3 Å². The Balaban J connectivity index is 1.55. The Hall–Kier alpha value is -3.84. The van der Waals surface area contributed by atoms with E-state index >= 15 is 0 Å². The molecule has 6 nitrogen and oxygen atoms in total. The van der Waals surface area contributed by atoms with Crippen molar-refractivity contribution in [2.45, 2.75) is 13.8 Å². The number of nitrogens with one attached hydrogen (secondary N) is 1. The molecule has 0 fully saturated rings. The number of aryl methyl sites for hydroxylation is 2. The summed E-state index contributed by atoms with van der Waals surface area (Å²) < 4.78 is 2.77. The van der Waals surface area contributed by atoms with Crippen molar-refractivity contribution < 1.29 is 4.79 Å². The Kier molecular flexibility index (Phi) is 4.80. The van der Waals surface area contributed by atoms with Crippen LogP contribution in [0.3, 0.4) is 0 Å². The molecule has 0 radical (unpaired) electrons. The van der Waals surface area contributed by atoms with Gasteiger partial charge in [0.2, 0.25) is 0 Å². The minimum Gasteiger partial charge on any atom is -0.298 e. The van der Waals surface area contributed by atoms with E-state index in [0.29, 0.717) is 16.4 Å². The molecule has 3 heterocycles. The van der Waals surface area contributed by atoms with Crippen molar-refractivity contribution in [3.05, 3.63) is 89.9 Å². The second kappa shape index (κ2) is 7.77. The molecule has 0 saturated heterocycles. The molecule has 0 aliphatic carbocycles. The van der Waals surface area contributed by atoms with Crippen molar-refractivity contribution in [2.24, 2.45) is 0 Å². The van der Waals surface area contributed by atoms with Gasteiger partial charge in [-0.15, -0.1) is 0 Å². The molecule has 0 aliphatic heterocycles. The maximum atomic E-state index is 13.3. The van der Waals surface area contributed by atoms with E-state index in [1.54, 1.807) is 23.3 Å². The number of amides is 1. The Morgan fingerprint density at radius 2 is 1.90 bits per heavy atom. The molecule has 2 aromatic carbocycles. The zero-order valence-electron chi connectivity index (χ0n) is 17.0. The number of benzene rings is 2. The van der Waals surface area contributed by atoms with Crippen molar-refractivity contribution in [3.8, 4) is 16.9 Å². The van der Waals surface area contributed by atoms with Gasteiger partial charge >= 0.3 is 0 Å². The fraction of sp³-hybridized carbons (Fsp3) is 0.0833. The van der Waals surface area contributed by atoms with Crippen LogP contribution in [-0.2, 0) is 0 Å². The molecule has 0 bridgehead atoms. The lowest BCUT2D eigenvalue weighted by Crippen LogP contribution is -2.12. The van der Waals surface area contributed by atoms with Gasteiger partial charge in [-0.3, -0.25) is 15.1 Å². The summed E-state index contributed by atoms with van der Waals surface area (Å²) in [5, 5.41) is 8.21. The molecule has 1 N–H and O–H groups in total. The highest BCUT2D eigenvalue weighted by Crippen LogP contribution is 2.30. The Bertz CT molecular complexity index is 1390. The third-order valence-corrected chi connectivity index (χ3v) is 5.88. The van der Waals surface area contributed by atoms with E-state index in [-0.39, 0.29) is 5.91 Å². The number of hydrogen-bond acceptors (Lipinski definition) is 5. The van der Waals surface area contributed by atoms with Crippen LogP contribution in [0.1, 0.15) is 21.5 Å². The molecule has 0 atom stereocenters. The van der Waals surface area contributed by atoms with Crippen LogP contribution in [0.25, 0.3) is 27.2 Å². The zero-order chi connectivity index (χ0) is 21.4. The summed E-state index contributed by atoms with van der Waals surface area (Å²) in [6, 6.07) is 17.6. The quantitative estimate of drug-likeness (QED) is 0.418. The first-order valence-corrected chi connectivity index (χ1v) is 10.6. The number of fused-ring (bicyclic) bond motifs is 1. The number of hydrogen-bond donors (Lipinski definition) is 1. The van der Waals surface area contributed by atoms with E-state index in [0.717, 1.165) is 27.0 Å². The average molecular weight is 426 g/mol. The third kappa shape index (κ3) is 3.71. The molecule has 0 unspecified atom stereocenters.